The highest BCUT2D eigenvalue weighted by molar-refractivity contribution is 6.33. The van der Waals surface area contributed by atoms with Crippen molar-refractivity contribution in [3.63, 3.8) is 0 Å². The maximum atomic E-state index is 12.7. The van der Waals surface area contributed by atoms with Gasteiger partial charge in [-0.2, -0.15) is 0 Å². The number of carbonyl (C=O) groups excluding carboxylic acids is 2. The zero-order valence-corrected chi connectivity index (χ0v) is 16.4. The van der Waals surface area contributed by atoms with Gasteiger partial charge in [0.1, 0.15) is 0 Å². The maximum absolute atomic E-state index is 12.7. The zero-order valence-electron chi connectivity index (χ0n) is 15.6. The van der Waals surface area contributed by atoms with Crippen LogP contribution in [0.25, 0.3) is 0 Å². The van der Waals surface area contributed by atoms with Gasteiger partial charge in [-0.3, -0.25) is 9.59 Å². The Kier molecular flexibility index (Phi) is 7.06. The summed E-state index contributed by atoms with van der Waals surface area (Å²) in [4.78, 5) is 25.3. The van der Waals surface area contributed by atoms with Crippen LogP contribution in [0.1, 0.15) is 54.1 Å². The smallest absolute Gasteiger partial charge is 0.253 e. The van der Waals surface area contributed by atoms with E-state index in [9.17, 15) is 14.7 Å². The van der Waals surface area contributed by atoms with E-state index in [-0.39, 0.29) is 30.4 Å². The molecule has 6 heteroatoms. The number of nitrogens with one attached hydrogen (secondary N) is 2. The molecular formula is C22H25ClN2O3. The highest BCUT2D eigenvalue weighted by Gasteiger charge is 2.24. The summed E-state index contributed by atoms with van der Waals surface area (Å²) in [5, 5.41) is 16.0. The molecule has 1 saturated carbocycles. The number of aliphatic hydroxyl groups excluding tert-OH is 1. The largest absolute Gasteiger partial charge is 0.393 e. The average Bonchev–Trinajstić information content (AvgIpc) is 2.70. The van der Waals surface area contributed by atoms with Crippen LogP contribution in [0.15, 0.2) is 54.6 Å². The minimum Gasteiger partial charge on any atom is -0.393 e. The van der Waals surface area contributed by atoms with Crippen molar-refractivity contribution in [3.05, 3.63) is 70.7 Å². The first-order chi connectivity index (χ1) is 13.5. The summed E-state index contributed by atoms with van der Waals surface area (Å²) in [6, 6.07) is 15.9. The van der Waals surface area contributed by atoms with E-state index in [0.717, 1.165) is 18.4 Å². The van der Waals surface area contributed by atoms with E-state index < -0.39 is 6.04 Å². The van der Waals surface area contributed by atoms with Crippen LogP contribution < -0.4 is 10.6 Å². The standard InChI is InChI=1S/C22H25ClN2O3/c23-19-9-5-4-8-18(19)22(28)25-20(15-6-2-1-3-7-15)14-21(27)24-16-10-12-17(26)13-11-16/h1-9,16-17,20,26H,10-14H2,(H,24,27)(H,25,28). The number of carbonyl (C=O) groups is 2. The minimum atomic E-state index is -0.459. The van der Waals surface area contributed by atoms with Gasteiger partial charge in [-0.1, -0.05) is 54.1 Å². The first-order valence-corrected chi connectivity index (χ1v) is 9.98. The van der Waals surface area contributed by atoms with E-state index in [1.54, 1.807) is 24.3 Å². The van der Waals surface area contributed by atoms with E-state index in [0.29, 0.717) is 23.4 Å². The van der Waals surface area contributed by atoms with Gasteiger partial charge in [0, 0.05) is 6.04 Å². The molecule has 3 N–H and O–H groups in total. The topological polar surface area (TPSA) is 78.4 Å². The molecule has 3 rings (SSSR count). The quantitative estimate of drug-likeness (QED) is 0.692. The molecule has 1 aliphatic rings. The van der Waals surface area contributed by atoms with Crippen molar-refractivity contribution >= 4 is 23.4 Å². The lowest BCUT2D eigenvalue weighted by molar-refractivity contribution is -0.122. The van der Waals surface area contributed by atoms with Crippen molar-refractivity contribution in [3.8, 4) is 0 Å². The van der Waals surface area contributed by atoms with Gasteiger partial charge in [0.2, 0.25) is 5.91 Å². The van der Waals surface area contributed by atoms with Crippen LogP contribution >= 0.6 is 11.6 Å². The Hall–Kier alpha value is -2.37. The Bertz CT molecular complexity index is 804. The maximum Gasteiger partial charge on any atom is 0.253 e. The Morgan fingerprint density at radius 2 is 1.64 bits per heavy atom. The highest BCUT2D eigenvalue weighted by Crippen LogP contribution is 2.22. The first kappa shape index (κ1) is 20.4. The lowest BCUT2D eigenvalue weighted by Gasteiger charge is -2.27. The van der Waals surface area contributed by atoms with E-state index in [2.05, 4.69) is 10.6 Å². The van der Waals surface area contributed by atoms with Gasteiger partial charge >= 0.3 is 0 Å². The van der Waals surface area contributed by atoms with Gasteiger partial charge in [0.25, 0.3) is 5.91 Å². The number of aliphatic hydroxyl groups is 1. The van der Waals surface area contributed by atoms with Gasteiger partial charge in [0.15, 0.2) is 0 Å². The Labute approximate surface area is 170 Å². The average molecular weight is 401 g/mol. The fourth-order valence-electron chi connectivity index (χ4n) is 3.51. The van der Waals surface area contributed by atoms with E-state index >= 15 is 0 Å². The molecule has 0 aliphatic heterocycles. The van der Waals surface area contributed by atoms with Gasteiger partial charge < -0.3 is 15.7 Å². The van der Waals surface area contributed by atoms with Gasteiger partial charge in [-0.15, -0.1) is 0 Å². The Morgan fingerprint density at radius 1 is 1.00 bits per heavy atom. The molecule has 5 nitrogen and oxygen atoms in total. The molecular weight excluding hydrogens is 376 g/mol. The van der Waals surface area contributed by atoms with Gasteiger partial charge in [-0.25, -0.2) is 0 Å². The van der Waals surface area contributed by atoms with Crippen molar-refractivity contribution in [1.29, 1.82) is 0 Å². The molecule has 148 valence electrons. The molecule has 0 spiro atoms. The molecule has 0 radical (unpaired) electrons. The molecule has 0 aromatic heterocycles. The molecule has 1 atom stereocenters. The summed E-state index contributed by atoms with van der Waals surface area (Å²) >= 11 is 6.13. The second-order valence-electron chi connectivity index (χ2n) is 7.19. The summed E-state index contributed by atoms with van der Waals surface area (Å²) < 4.78 is 0. The first-order valence-electron chi connectivity index (χ1n) is 9.60. The second-order valence-corrected chi connectivity index (χ2v) is 7.60. The van der Waals surface area contributed by atoms with Crippen molar-refractivity contribution in [2.24, 2.45) is 0 Å². The Morgan fingerprint density at radius 3 is 2.32 bits per heavy atom. The molecule has 0 bridgehead atoms. The van der Waals surface area contributed by atoms with E-state index in [1.165, 1.54) is 0 Å². The molecule has 0 heterocycles. The molecule has 0 saturated heterocycles. The van der Waals surface area contributed by atoms with E-state index in [4.69, 9.17) is 11.6 Å². The summed E-state index contributed by atoms with van der Waals surface area (Å²) in [5.41, 5.74) is 1.24. The lowest BCUT2D eigenvalue weighted by atomic mass is 9.93. The molecule has 2 amide bonds. The fourth-order valence-corrected chi connectivity index (χ4v) is 3.73. The number of benzene rings is 2. The van der Waals surface area contributed by atoms with E-state index in [1.807, 2.05) is 30.3 Å². The lowest BCUT2D eigenvalue weighted by Crippen LogP contribution is -2.40. The molecule has 1 fully saturated rings. The third kappa shape index (κ3) is 5.57. The molecule has 2 aromatic rings. The van der Waals surface area contributed by atoms with Crippen molar-refractivity contribution < 1.29 is 14.7 Å². The number of hydrogen-bond acceptors (Lipinski definition) is 3. The summed E-state index contributed by atoms with van der Waals surface area (Å²) in [7, 11) is 0. The monoisotopic (exact) mass is 400 g/mol. The van der Waals surface area contributed by atoms with Crippen LogP contribution in [0.5, 0.6) is 0 Å². The molecule has 1 unspecified atom stereocenters. The second kappa shape index (κ2) is 9.71. The van der Waals surface area contributed by atoms with Crippen molar-refractivity contribution in [1.82, 2.24) is 10.6 Å². The number of rotatable bonds is 6. The van der Waals surface area contributed by atoms with Crippen LogP contribution in [0.3, 0.4) is 0 Å². The summed E-state index contributed by atoms with van der Waals surface area (Å²) in [6.07, 6.45) is 2.83. The number of amides is 2. The van der Waals surface area contributed by atoms with Crippen LogP contribution in [0, 0.1) is 0 Å². The Balaban J connectivity index is 1.68. The number of halogens is 1. The van der Waals surface area contributed by atoms with Crippen LogP contribution in [0.2, 0.25) is 5.02 Å². The van der Waals surface area contributed by atoms with Crippen molar-refractivity contribution in [2.45, 2.75) is 50.3 Å². The predicted molar refractivity (Wildman–Crippen MR) is 109 cm³/mol. The molecule has 2 aromatic carbocycles. The normalized spacial score (nSPS) is 20.2. The van der Waals surface area contributed by atoms with Crippen LogP contribution in [0.4, 0.5) is 0 Å². The molecule has 28 heavy (non-hydrogen) atoms. The van der Waals surface area contributed by atoms with Crippen LogP contribution in [-0.2, 0) is 4.79 Å². The van der Waals surface area contributed by atoms with Crippen molar-refractivity contribution in [2.75, 3.05) is 0 Å². The third-order valence-corrected chi connectivity index (χ3v) is 5.41. The van der Waals surface area contributed by atoms with Gasteiger partial charge in [-0.05, 0) is 43.4 Å². The van der Waals surface area contributed by atoms with Crippen LogP contribution in [-0.4, -0.2) is 29.1 Å². The zero-order chi connectivity index (χ0) is 19.9. The summed E-state index contributed by atoms with van der Waals surface area (Å²) in [5.74, 6) is -0.428. The highest BCUT2D eigenvalue weighted by atomic mass is 35.5. The van der Waals surface area contributed by atoms with Gasteiger partial charge in [0.05, 0.1) is 29.2 Å². The summed E-state index contributed by atoms with van der Waals surface area (Å²) in [6.45, 7) is 0. The fraction of sp³-hybridized carbons (Fsp3) is 0.364. The predicted octanol–water partition coefficient (Wildman–Crippen LogP) is 3.62. The SMILES string of the molecule is O=C(CC(NC(=O)c1ccccc1Cl)c1ccccc1)NC1CCC(O)CC1. The third-order valence-electron chi connectivity index (χ3n) is 5.08. The minimum absolute atomic E-state index is 0.0755. The molecule has 1 aliphatic carbocycles. The number of hydrogen-bond donors (Lipinski definition) is 3.